The average Bonchev–Trinajstić information content (AvgIpc) is 2.45. The van der Waals surface area contributed by atoms with Gasteiger partial charge < -0.3 is 9.47 Å². The topological polar surface area (TPSA) is 18.5 Å². The molecule has 23 heavy (non-hydrogen) atoms. The van der Waals surface area contributed by atoms with Crippen molar-refractivity contribution >= 4 is 0 Å². The second-order valence-electron chi connectivity index (χ2n) is 8.76. The molecule has 2 aliphatic carbocycles. The Hall–Kier alpha value is -0.600. The van der Waals surface area contributed by atoms with Crippen molar-refractivity contribution in [2.75, 3.05) is 13.2 Å². The van der Waals surface area contributed by atoms with E-state index in [9.17, 15) is 0 Å². The molecule has 0 unspecified atom stereocenters. The van der Waals surface area contributed by atoms with Crippen LogP contribution in [0, 0.1) is 35.0 Å². The number of rotatable bonds is 1. The fourth-order valence-electron chi connectivity index (χ4n) is 5.44. The van der Waals surface area contributed by atoms with Gasteiger partial charge in [0, 0.05) is 11.3 Å². The van der Waals surface area contributed by atoms with Gasteiger partial charge in [0.1, 0.15) is 0 Å². The molecule has 0 aromatic heterocycles. The lowest BCUT2D eigenvalue weighted by molar-refractivity contribution is -0.277. The first-order chi connectivity index (χ1) is 10.8. The maximum absolute atomic E-state index is 6.38. The van der Waals surface area contributed by atoms with Crippen molar-refractivity contribution in [3.8, 4) is 0 Å². The second-order valence-corrected chi connectivity index (χ2v) is 8.76. The monoisotopic (exact) mass is 318 g/mol. The Morgan fingerprint density at radius 2 is 1.52 bits per heavy atom. The smallest absolute Gasteiger partial charge is 0.161 e. The highest BCUT2D eigenvalue weighted by molar-refractivity contribution is 5.14. The highest BCUT2D eigenvalue weighted by Gasteiger charge is 2.48. The molecular formula is C21H34O2. The van der Waals surface area contributed by atoms with Crippen LogP contribution in [0.2, 0.25) is 0 Å². The summed E-state index contributed by atoms with van der Waals surface area (Å²) in [7, 11) is 0. The van der Waals surface area contributed by atoms with Crippen molar-refractivity contribution in [2.45, 2.75) is 60.7 Å². The van der Waals surface area contributed by atoms with Gasteiger partial charge in [-0.15, -0.1) is 0 Å². The van der Waals surface area contributed by atoms with E-state index in [0.717, 1.165) is 13.2 Å². The van der Waals surface area contributed by atoms with E-state index in [1.807, 2.05) is 0 Å². The third-order valence-electron chi connectivity index (χ3n) is 6.85. The second kappa shape index (κ2) is 6.37. The molecule has 1 aliphatic heterocycles. The lowest BCUT2D eigenvalue weighted by atomic mass is 9.62. The largest absolute Gasteiger partial charge is 0.352 e. The molecule has 2 heteroatoms. The number of hydrogen-bond acceptors (Lipinski definition) is 2. The highest BCUT2D eigenvalue weighted by atomic mass is 16.7. The van der Waals surface area contributed by atoms with Crippen LogP contribution in [0.1, 0.15) is 54.4 Å². The van der Waals surface area contributed by atoms with Crippen molar-refractivity contribution in [1.82, 2.24) is 0 Å². The minimum atomic E-state index is -0.0265. The minimum absolute atomic E-state index is 0.0265. The van der Waals surface area contributed by atoms with E-state index in [1.165, 1.54) is 24.0 Å². The van der Waals surface area contributed by atoms with Crippen LogP contribution >= 0.6 is 0 Å². The summed E-state index contributed by atoms with van der Waals surface area (Å²) in [5, 5.41) is 0. The van der Waals surface area contributed by atoms with E-state index in [-0.39, 0.29) is 11.7 Å². The predicted molar refractivity (Wildman–Crippen MR) is 95.0 cm³/mol. The van der Waals surface area contributed by atoms with Crippen molar-refractivity contribution in [2.24, 2.45) is 35.0 Å². The Morgan fingerprint density at radius 3 is 2.09 bits per heavy atom. The van der Waals surface area contributed by atoms with Gasteiger partial charge in [0.25, 0.3) is 0 Å². The number of ether oxygens (including phenoxy) is 2. The zero-order valence-electron chi connectivity index (χ0n) is 15.8. The maximum atomic E-state index is 6.38. The summed E-state index contributed by atoms with van der Waals surface area (Å²) in [6.07, 6.45) is 7.18. The molecule has 0 bridgehead atoms. The van der Waals surface area contributed by atoms with Crippen molar-refractivity contribution in [3.63, 3.8) is 0 Å². The molecule has 130 valence electrons. The molecule has 0 aromatic rings. The van der Waals surface area contributed by atoms with Crippen LogP contribution < -0.4 is 0 Å². The van der Waals surface area contributed by atoms with Gasteiger partial charge in [-0.1, -0.05) is 51.0 Å². The molecule has 2 nitrogen and oxygen atoms in total. The third-order valence-corrected chi connectivity index (χ3v) is 6.85. The first-order valence-corrected chi connectivity index (χ1v) is 9.41. The molecule has 3 aliphatic rings. The molecule has 3 rings (SSSR count). The van der Waals surface area contributed by atoms with Gasteiger partial charge in [-0.05, 0) is 50.4 Å². The average molecular weight is 319 g/mol. The van der Waals surface area contributed by atoms with Crippen LogP contribution in [-0.2, 0) is 9.47 Å². The molecular weight excluding hydrogens is 284 g/mol. The zero-order valence-corrected chi connectivity index (χ0v) is 15.8. The van der Waals surface area contributed by atoms with Gasteiger partial charge in [-0.2, -0.15) is 0 Å². The first-order valence-electron chi connectivity index (χ1n) is 9.41. The van der Waals surface area contributed by atoms with Crippen molar-refractivity contribution in [3.05, 3.63) is 23.3 Å². The fourth-order valence-corrected chi connectivity index (χ4v) is 5.44. The summed E-state index contributed by atoms with van der Waals surface area (Å²) in [6.45, 7) is 15.6. The summed E-state index contributed by atoms with van der Waals surface area (Å²) < 4.78 is 12.8. The van der Waals surface area contributed by atoms with Gasteiger partial charge in [0.2, 0.25) is 0 Å². The van der Waals surface area contributed by atoms with E-state index < -0.39 is 0 Å². The van der Waals surface area contributed by atoms with Crippen LogP contribution in [0.5, 0.6) is 0 Å². The summed E-state index contributed by atoms with van der Waals surface area (Å²) in [5.74, 6) is 2.84. The third kappa shape index (κ3) is 3.05. The molecule has 0 saturated carbocycles. The molecule has 0 radical (unpaired) electrons. The van der Waals surface area contributed by atoms with E-state index in [0.29, 0.717) is 29.6 Å². The van der Waals surface area contributed by atoms with E-state index in [1.54, 1.807) is 0 Å². The summed E-state index contributed by atoms with van der Waals surface area (Å²) in [4.78, 5) is 0. The first kappa shape index (κ1) is 17.2. The normalized spacial score (nSPS) is 48.1. The summed E-state index contributed by atoms with van der Waals surface area (Å²) in [6, 6.07) is 0. The van der Waals surface area contributed by atoms with Gasteiger partial charge in [-0.3, -0.25) is 0 Å². The summed E-state index contributed by atoms with van der Waals surface area (Å²) in [5.41, 5.74) is 3.21. The lowest BCUT2D eigenvalue weighted by Gasteiger charge is -2.51. The Labute approximate surface area is 142 Å². The molecule has 1 heterocycles. The predicted octanol–water partition coefficient (Wildman–Crippen LogP) is 5.21. The van der Waals surface area contributed by atoms with Crippen LogP contribution in [-0.4, -0.2) is 19.5 Å². The van der Waals surface area contributed by atoms with Crippen LogP contribution in [0.3, 0.4) is 0 Å². The molecule has 0 aromatic carbocycles. The van der Waals surface area contributed by atoms with Crippen molar-refractivity contribution in [1.29, 1.82) is 0 Å². The van der Waals surface area contributed by atoms with E-state index in [4.69, 9.17) is 9.47 Å². The minimum Gasteiger partial charge on any atom is -0.352 e. The Morgan fingerprint density at radius 1 is 0.913 bits per heavy atom. The maximum Gasteiger partial charge on any atom is 0.161 e. The number of hydrogen-bond donors (Lipinski definition) is 0. The lowest BCUT2D eigenvalue weighted by Crippen LogP contribution is -2.53. The van der Waals surface area contributed by atoms with Crippen LogP contribution in [0.25, 0.3) is 0 Å². The van der Waals surface area contributed by atoms with Crippen LogP contribution in [0.15, 0.2) is 23.3 Å². The van der Waals surface area contributed by atoms with E-state index in [2.05, 4.69) is 53.7 Å². The molecule has 1 fully saturated rings. The zero-order chi connectivity index (χ0) is 16.8. The standard InChI is InChI=1S/C21H34O2/c1-13-7-15(3)19(16(4)8-13)20-22-11-21(12-23-20)17(5)9-14(2)10-18(21)6/h7,9,15-20H,8,10-12H2,1-6H3/t15-,16-,17+,18+,19-,20?,21?/m0/s1. The van der Waals surface area contributed by atoms with Gasteiger partial charge in [0.05, 0.1) is 13.2 Å². The van der Waals surface area contributed by atoms with Gasteiger partial charge in [0.15, 0.2) is 6.29 Å². The van der Waals surface area contributed by atoms with Crippen molar-refractivity contribution < 1.29 is 9.47 Å². The summed E-state index contributed by atoms with van der Waals surface area (Å²) >= 11 is 0. The molecule has 1 saturated heterocycles. The highest BCUT2D eigenvalue weighted by Crippen LogP contribution is 2.48. The number of allylic oxidation sites excluding steroid dienone is 4. The van der Waals surface area contributed by atoms with E-state index >= 15 is 0 Å². The molecule has 0 N–H and O–H groups in total. The quantitative estimate of drug-likeness (QED) is 0.618. The Bertz CT molecular complexity index is 496. The molecule has 1 spiro atoms. The Kier molecular flexibility index (Phi) is 4.77. The van der Waals surface area contributed by atoms with Gasteiger partial charge >= 0.3 is 0 Å². The Balaban J connectivity index is 1.71. The SMILES string of the molecule is CC1=C[C@@H](C)C2(COC([C@H]3[C@@H](C)C=C(C)C[C@@H]3C)OC2)[C@H](C)C1. The molecule has 5 atom stereocenters. The van der Waals surface area contributed by atoms with Crippen LogP contribution in [0.4, 0.5) is 0 Å². The molecule has 0 amide bonds. The van der Waals surface area contributed by atoms with Gasteiger partial charge in [-0.25, -0.2) is 0 Å². The fraction of sp³-hybridized carbons (Fsp3) is 0.810.